The van der Waals surface area contributed by atoms with E-state index in [1.54, 1.807) is 0 Å². The molecule has 0 aromatic heterocycles. The second kappa shape index (κ2) is 16.8. The van der Waals surface area contributed by atoms with Crippen LogP contribution in [0.5, 0.6) is 0 Å². The van der Waals surface area contributed by atoms with Crippen molar-refractivity contribution < 1.29 is 0 Å². The monoisotopic (exact) mass is 882 g/mol. The third kappa shape index (κ3) is 6.83. The Bertz CT molecular complexity index is 3660. The van der Waals surface area contributed by atoms with Gasteiger partial charge in [0.2, 0.25) is 0 Å². The van der Waals surface area contributed by atoms with Crippen LogP contribution in [0.2, 0.25) is 0 Å². The number of benzene rings is 9. The Morgan fingerprint density at radius 3 is 1.75 bits per heavy atom. The number of allylic oxidation sites excluding steroid dienone is 2. The Hall–Kier alpha value is -8.86. The Labute approximate surface area is 402 Å². The summed E-state index contributed by atoms with van der Waals surface area (Å²) in [6.07, 6.45) is 8.31. The summed E-state index contributed by atoms with van der Waals surface area (Å²) >= 11 is 0. The molecule has 9 aromatic rings. The van der Waals surface area contributed by atoms with Crippen molar-refractivity contribution in [2.24, 2.45) is 9.98 Å². The van der Waals surface area contributed by atoms with E-state index in [2.05, 4.69) is 241 Å². The van der Waals surface area contributed by atoms with Crippen LogP contribution in [0.3, 0.4) is 0 Å². The van der Waals surface area contributed by atoms with Gasteiger partial charge in [-0.05, 0) is 95.8 Å². The minimum absolute atomic E-state index is 0.118. The van der Waals surface area contributed by atoms with Crippen LogP contribution in [-0.4, -0.2) is 17.7 Å². The van der Waals surface area contributed by atoms with Crippen LogP contribution in [0.15, 0.2) is 265 Å². The highest BCUT2D eigenvalue weighted by atomic mass is 15.2. The van der Waals surface area contributed by atoms with Crippen LogP contribution >= 0.6 is 0 Å². The summed E-state index contributed by atoms with van der Waals surface area (Å²) < 4.78 is 0. The molecule has 4 heteroatoms. The molecule has 0 radical (unpaired) electrons. The van der Waals surface area contributed by atoms with Gasteiger partial charge in [0.15, 0.2) is 5.84 Å². The van der Waals surface area contributed by atoms with Crippen molar-refractivity contribution >= 4 is 22.9 Å². The Balaban J connectivity index is 1.02. The molecule has 2 N–H and O–H groups in total. The summed E-state index contributed by atoms with van der Waals surface area (Å²) in [5.41, 5.74) is 18.1. The summed E-state index contributed by atoms with van der Waals surface area (Å²) in [5.74, 6) is 1.48. The fraction of sp³-hybridized carbons (Fsp3) is 0.0462. The maximum absolute atomic E-state index is 5.40. The number of rotatable bonds is 8. The van der Waals surface area contributed by atoms with Gasteiger partial charge in [-0.25, -0.2) is 9.98 Å². The predicted octanol–water partition coefficient (Wildman–Crippen LogP) is 12.3. The molecule has 2 aliphatic carbocycles. The Morgan fingerprint density at radius 2 is 1.01 bits per heavy atom. The first-order chi connectivity index (χ1) is 34.2. The van der Waals surface area contributed by atoms with Gasteiger partial charge in [0.1, 0.15) is 12.0 Å². The molecule has 2 heterocycles. The van der Waals surface area contributed by atoms with Crippen LogP contribution in [0.4, 0.5) is 0 Å². The molecule has 0 saturated heterocycles. The van der Waals surface area contributed by atoms with E-state index in [4.69, 9.17) is 9.98 Å². The minimum atomic E-state index is -0.521. The van der Waals surface area contributed by atoms with Gasteiger partial charge in [-0.1, -0.05) is 237 Å². The zero-order valence-corrected chi connectivity index (χ0v) is 37.8. The summed E-state index contributed by atoms with van der Waals surface area (Å²) in [6, 6.07) is 83.6. The van der Waals surface area contributed by atoms with E-state index in [0.717, 1.165) is 50.5 Å². The average Bonchev–Trinajstić information content (AvgIpc) is 3.75. The highest BCUT2D eigenvalue weighted by Gasteiger charge is 2.46. The summed E-state index contributed by atoms with van der Waals surface area (Å²) in [6.45, 7) is 0. The maximum Gasteiger partial charge on any atom is 0.159 e. The van der Waals surface area contributed by atoms with Crippen molar-refractivity contribution in [2.75, 3.05) is 0 Å². The number of nitrogens with zero attached hydrogens (tertiary/aromatic N) is 2. The van der Waals surface area contributed by atoms with E-state index in [1.807, 2.05) is 24.3 Å². The quantitative estimate of drug-likeness (QED) is 0.160. The lowest BCUT2D eigenvalue weighted by Gasteiger charge is -2.34. The SMILES string of the molecule is C1=CC2=c3ccccc3=C(c3ccc(-c4cc(-c5cccc6c5-c5ccccc5C6(c5ccccc5)c5ccccc5)cc(C5N=C(c6ccccc6)N=C(c6ccccc6)N5)c4)cc3)NC2C=C1. The number of hydrogen-bond acceptors (Lipinski definition) is 4. The normalized spacial score (nSPS) is 17.0. The lowest BCUT2D eigenvalue weighted by Crippen LogP contribution is -2.45. The molecule has 0 bridgehead atoms. The van der Waals surface area contributed by atoms with Crippen LogP contribution in [0.25, 0.3) is 44.7 Å². The van der Waals surface area contributed by atoms with E-state index < -0.39 is 11.6 Å². The van der Waals surface area contributed by atoms with E-state index in [-0.39, 0.29) is 6.04 Å². The van der Waals surface area contributed by atoms with E-state index in [9.17, 15) is 0 Å². The van der Waals surface area contributed by atoms with Gasteiger partial charge in [0, 0.05) is 16.3 Å². The highest BCUT2D eigenvalue weighted by molar-refractivity contribution is 6.13. The molecular weight excluding hydrogens is 837 g/mol. The molecule has 326 valence electrons. The Morgan fingerprint density at radius 1 is 0.420 bits per heavy atom. The fourth-order valence-corrected chi connectivity index (χ4v) is 11.1. The summed E-state index contributed by atoms with van der Waals surface area (Å²) in [7, 11) is 0. The van der Waals surface area contributed by atoms with Crippen molar-refractivity contribution in [1.82, 2.24) is 10.6 Å². The zero-order chi connectivity index (χ0) is 45.7. The van der Waals surface area contributed by atoms with Crippen molar-refractivity contribution in [3.05, 3.63) is 310 Å². The maximum atomic E-state index is 5.40. The number of fused-ring (bicyclic) bond motifs is 5. The third-order valence-electron chi connectivity index (χ3n) is 14.2. The second-order valence-corrected chi connectivity index (χ2v) is 18.1. The summed E-state index contributed by atoms with van der Waals surface area (Å²) in [5, 5.41) is 10.2. The van der Waals surface area contributed by atoms with E-state index in [1.165, 1.54) is 55.0 Å². The van der Waals surface area contributed by atoms with Crippen molar-refractivity contribution in [2.45, 2.75) is 17.6 Å². The van der Waals surface area contributed by atoms with Gasteiger partial charge in [0.25, 0.3) is 0 Å². The van der Waals surface area contributed by atoms with E-state index in [0.29, 0.717) is 5.84 Å². The van der Waals surface area contributed by atoms with Crippen LogP contribution in [-0.2, 0) is 5.41 Å². The van der Waals surface area contributed by atoms with Gasteiger partial charge in [-0.3, -0.25) is 0 Å². The predicted molar refractivity (Wildman–Crippen MR) is 283 cm³/mol. The molecule has 4 nitrogen and oxygen atoms in total. The molecule has 0 spiro atoms. The Kier molecular flexibility index (Phi) is 9.83. The summed E-state index contributed by atoms with van der Waals surface area (Å²) in [4.78, 5) is 10.5. The van der Waals surface area contributed by atoms with Gasteiger partial charge < -0.3 is 10.6 Å². The molecule has 0 amide bonds. The van der Waals surface area contributed by atoms with Crippen molar-refractivity contribution in [3.8, 4) is 33.4 Å². The molecule has 2 unspecified atom stereocenters. The third-order valence-corrected chi connectivity index (χ3v) is 14.2. The van der Waals surface area contributed by atoms with Crippen LogP contribution in [0, 0.1) is 0 Å². The molecule has 0 saturated carbocycles. The van der Waals surface area contributed by atoms with Crippen LogP contribution < -0.4 is 21.1 Å². The highest BCUT2D eigenvalue weighted by Crippen LogP contribution is 2.58. The van der Waals surface area contributed by atoms with Crippen molar-refractivity contribution in [1.29, 1.82) is 0 Å². The van der Waals surface area contributed by atoms with Crippen LogP contribution in [0.1, 0.15) is 50.7 Å². The lowest BCUT2D eigenvalue weighted by atomic mass is 9.67. The number of aliphatic imine (C=N–C) groups is 2. The van der Waals surface area contributed by atoms with Crippen molar-refractivity contribution in [3.63, 3.8) is 0 Å². The number of nitrogens with one attached hydrogen (secondary N) is 2. The largest absolute Gasteiger partial charge is 0.374 e. The average molecular weight is 883 g/mol. The number of hydrogen-bond donors (Lipinski definition) is 2. The zero-order valence-electron chi connectivity index (χ0n) is 37.8. The first kappa shape index (κ1) is 40.4. The second-order valence-electron chi connectivity index (χ2n) is 18.1. The fourth-order valence-electron chi connectivity index (χ4n) is 11.1. The minimum Gasteiger partial charge on any atom is -0.374 e. The number of amidine groups is 2. The van der Waals surface area contributed by atoms with Gasteiger partial charge in [0.05, 0.1) is 17.2 Å². The van der Waals surface area contributed by atoms with Gasteiger partial charge >= 0.3 is 0 Å². The molecule has 9 aromatic carbocycles. The molecule has 2 atom stereocenters. The molecular formula is C65H46N4. The van der Waals surface area contributed by atoms with E-state index >= 15 is 0 Å². The molecule has 0 fully saturated rings. The first-order valence-electron chi connectivity index (χ1n) is 23.8. The standard InChI is InChI=1S/C65H46N4/c1-5-20-45(21-6-1)62-67-63(46-22-7-2-8-23-46)69-64(68-62)49-41-47(43-36-38-44(39-37-43)61-55-30-14-13-28-53(55)54-29-16-18-35-59(54)66-61)40-48(42-49)52-32-19-34-58-60(52)56-31-15-17-33-57(56)65(58,50-24-9-3-10-25-50)51-26-11-4-12-27-51/h1-42,59,64,66H,(H,67,68,69). The smallest absolute Gasteiger partial charge is 0.159 e. The van der Waals surface area contributed by atoms with Gasteiger partial charge in [-0.2, -0.15) is 0 Å². The molecule has 13 rings (SSSR count). The molecule has 69 heavy (non-hydrogen) atoms. The topological polar surface area (TPSA) is 48.8 Å². The van der Waals surface area contributed by atoms with Gasteiger partial charge in [-0.15, -0.1) is 0 Å². The molecule has 4 aliphatic rings. The lowest BCUT2D eigenvalue weighted by molar-refractivity contribution is 0.674. The molecule has 2 aliphatic heterocycles. The first-order valence-corrected chi connectivity index (χ1v) is 23.8.